The molecular weight excluding hydrogens is 306 g/mol. The highest BCUT2D eigenvalue weighted by atomic mass is 32.2. The number of benzene rings is 1. The van der Waals surface area contributed by atoms with E-state index in [0.29, 0.717) is 6.42 Å². The molecule has 3 N–H and O–H groups in total. The molecular formula is C15H19NO5S. The molecule has 0 heterocycles. The molecule has 0 radical (unpaired) electrons. The Morgan fingerprint density at radius 2 is 1.77 bits per heavy atom. The molecule has 6 nitrogen and oxygen atoms in total. The number of aliphatic carboxylic acids is 2. The minimum absolute atomic E-state index is 0.116. The van der Waals surface area contributed by atoms with Gasteiger partial charge in [0.25, 0.3) is 0 Å². The van der Waals surface area contributed by atoms with E-state index in [-0.39, 0.29) is 25.2 Å². The molecule has 0 aliphatic heterocycles. The summed E-state index contributed by atoms with van der Waals surface area (Å²) in [6, 6.07) is 8.63. The zero-order valence-corrected chi connectivity index (χ0v) is 12.8. The van der Waals surface area contributed by atoms with E-state index in [1.165, 1.54) is 0 Å². The van der Waals surface area contributed by atoms with Crippen LogP contribution in [0, 0.1) is 0 Å². The van der Waals surface area contributed by atoms with Gasteiger partial charge in [-0.15, -0.1) is 11.8 Å². The van der Waals surface area contributed by atoms with Crippen molar-refractivity contribution in [2.24, 2.45) is 0 Å². The molecule has 0 spiro atoms. The molecule has 0 aliphatic carbocycles. The first-order valence-electron chi connectivity index (χ1n) is 6.91. The zero-order chi connectivity index (χ0) is 16.4. The molecule has 0 bridgehead atoms. The summed E-state index contributed by atoms with van der Waals surface area (Å²) in [6.07, 6.45) is 0.434. The second-order valence-corrected chi connectivity index (χ2v) is 5.82. The smallest absolute Gasteiger partial charge is 0.326 e. The normalized spacial score (nSPS) is 11.6. The van der Waals surface area contributed by atoms with Crippen LogP contribution >= 0.6 is 11.8 Å². The van der Waals surface area contributed by atoms with Gasteiger partial charge in [0.1, 0.15) is 6.04 Å². The lowest BCUT2D eigenvalue weighted by molar-refractivity contribution is -0.143. The molecule has 1 aromatic rings. The van der Waals surface area contributed by atoms with Gasteiger partial charge < -0.3 is 15.5 Å². The van der Waals surface area contributed by atoms with Crippen LogP contribution in [0.4, 0.5) is 0 Å². The lowest BCUT2D eigenvalue weighted by atomic mass is 10.1. The number of hydrogen-bond donors (Lipinski definition) is 3. The Hall–Kier alpha value is -2.02. The fourth-order valence-electron chi connectivity index (χ4n) is 1.73. The van der Waals surface area contributed by atoms with Crippen molar-refractivity contribution in [1.82, 2.24) is 5.32 Å². The van der Waals surface area contributed by atoms with Crippen molar-refractivity contribution in [3.05, 3.63) is 30.3 Å². The average Bonchev–Trinajstić information content (AvgIpc) is 2.48. The molecule has 22 heavy (non-hydrogen) atoms. The Morgan fingerprint density at radius 1 is 1.09 bits per heavy atom. The Bertz CT molecular complexity index is 506. The van der Waals surface area contributed by atoms with Crippen molar-refractivity contribution in [2.45, 2.75) is 36.6 Å². The molecule has 0 unspecified atom stereocenters. The number of amides is 1. The highest BCUT2D eigenvalue weighted by Gasteiger charge is 2.20. The standard InChI is InChI=1S/C15H19NO5S/c17-13(16-12(15(20)21)8-9-14(18)19)7-4-10-22-11-5-2-1-3-6-11/h1-3,5-6,12H,4,7-10H2,(H,16,17)(H,18,19)(H,20,21)/t12-/m1/s1. The summed E-state index contributed by atoms with van der Waals surface area (Å²) in [4.78, 5) is 34.2. The van der Waals surface area contributed by atoms with Gasteiger partial charge in [0.2, 0.25) is 5.91 Å². The van der Waals surface area contributed by atoms with Crippen LogP contribution in [0.25, 0.3) is 0 Å². The predicted molar refractivity (Wildman–Crippen MR) is 82.8 cm³/mol. The summed E-state index contributed by atoms with van der Waals surface area (Å²) in [5, 5.41) is 19.9. The van der Waals surface area contributed by atoms with E-state index in [1.54, 1.807) is 11.8 Å². The largest absolute Gasteiger partial charge is 0.481 e. The van der Waals surface area contributed by atoms with Gasteiger partial charge >= 0.3 is 11.9 Å². The van der Waals surface area contributed by atoms with Crippen LogP contribution in [0.3, 0.4) is 0 Å². The van der Waals surface area contributed by atoms with Crippen LogP contribution in [0.5, 0.6) is 0 Å². The average molecular weight is 325 g/mol. The molecule has 0 saturated carbocycles. The first-order valence-corrected chi connectivity index (χ1v) is 7.89. The molecule has 1 rings (SSSR count). The molecule has 1 aromatic carbocycles. The van der Waals surface area contributed by atoms with Crippen LogP contribution in [0.1, 0.15) is 25.7 Å². The van der Waals surface area contributed by atoms with E-state index in [4.69, 9.17) is 10.2 Å². The number of carbonyl (C=O) groups excluding carboxylic acids is 1. The minimum atomic E-state index is -1.21. The maximum atomic E-state index is 11.7. The quantitative estimate of drug-likeness (QED) is 0.449. The molecule has 0 aliphatic rings. The summed E-state index contributed by atoms with van der Waals surface area (Å²) in [5.74, 6) is -1.91. The van der Waals surface area contributed by atoms with Crippen molar-refractivity contribution < 1.29 is 24.6 Å². The van der Waals surface area contributed by atoms with Gasteiger partial charge in [0.05, 0.1) is 0 Å². The Kier molecular flexibility index (Phi) is 8.06. The van der Waals surface area contributed by atoms with Crippen LogP contribution in [-0.2, 0) is 14.4 Å². The second-order valence-electron chi connectivity index (χ2n) is 4.66. The van der Waals surface area contributed by atoms with Gasteiger partial charge in [0, 0.05) is 17.7 Å². The summed E-state index contributed by atoms with van der Waals surface area (Å²) in [6.45, 7) is 0. The van der Waals surface area contributed by atoms with Gasteiger partial charge in [-0.3, -0.25) is 9.59 Å². The molecule has 1 atom stereocenters. The molecule has 1 amide bonds. The number of carboxylic acids is 2. The molecule has 0 fully saturated rings. The van der Waals surface area contributed by atoms with Crippen molar-refractivity contribution in [1.29, 1.82) is 0 Å². The lowest BCUT2D eigenvalue weighted by Crippen LogP contribution is -2.41. The summed E-state index contributed by atoms with van der Waals surface area (Å²) in [5.41, 5.74) is 0. The van der Waals surface area contributed by atoms with Gasteiger partial charge in [-0.05, 0) is 30.7 Å². The molecule has 120 valence electrons. The number of rotatable bonds is 10. The maximum Gasteiger partial charge on any atom is 0.326 e. The Morgan fingerprint density at radius 3 is 2.36 bits per heavy atom. The molecule has 0 saturated heterocycles. The molecule has 7 heteroatoms. The third-order valence-electron chi connectivity index (χ3n) is 2.84. The topological polar surface area (TPSA) is 104 Å². The SMILES string of the molecule is O=C(O)CC[C@@H](NC(=O)CCCSc1ccccc1)C(=O)O. The summed E-state index contributed by atoms with van der Waals surface area (Å²) in [7, 11) is 0. The third-order valence-corrected chi connectivity index (χ3v) is 3.94. The first kappa shape index (κ1) is 18.0. The fraction of sp³-hybridized carbons (Fsp3) is 0.400. The maximum absolute atomic E-state index is 11.7. The predicted octanol–water partition coefficient (Wildman–Crippen LogP) is 1.99. The van der Waals surface area contributed by atoms with E-state index in [9.17, 15) is 14.4 Å². The third kappa shape index (κ3) is 7.68. The number of carboxylic acid groups (broad SMARTS) is 2. The van der Waals surface area contributed by atoms with Gasteiger partial charge in [-0.25, -0.2) is 4.79 Å². The second kappa shape index (κ2) is 9.83. The highest BCUT2D eigenvalue weighted by molar-refractivity contribution is 7.99. The van der Waals surface area contributed by atoms with Crippen LogP contribution in [0.15, 0.2) is 35.2 Å². The minimum Gasteiger partial charge on any atom is -0.481 e. The zero-order valence-electron chi connectivity index (χ0n) is 12.0. The van der Waals surface area contributed by atoms with E-state index in [2.05, 4.69) is 5.32 Å². The van der Waals surface area contributed by atoms with E-state index < -0.39 is 18.0 Å². The first-order chi connectivity index (χ1) is 10.5. The lowest BCUT2D eigenvalue weighted by Gasteiger charge is -2.13. The monoisotopic (exact) mass is 325 g/mol. The van der Waals surface area contributed by atoms with Crippen LogP contribution in [-0.4, -0.2) is 39.9 Å². The highest BCUT2D eigenvalue weighted by Crippen LogP contribution is 2.18. The van der Waals surface area contributed by atoms with E-state index in [0.717, 1.165) is 10.6 Å². The van der Waals surface area contributed by atoms with Gasteiger partial charge in [0.15, 0.2) is 0 Å². The number of nitrogens with one attached hydrogen (secondary N) is 1. The number of carbonyl (C=O) groups is 3. The Balaban J connectivity index is 2.25. The van der Waals surface area contributed by atoms with E-state index >= 15 is 0 Å². The fourth-order valence-corrected chi connectivity index (χ4v) is 2.61. The Labute approximate surface area is 132 Å². The van der Waals surface area contributed by atoms with Crippen molar-refractivity contribution in [2.75, 3.05) is 5.75 Å². The summed E-state index contributed by atoms with van der Waals surface area (Å²) >= 11 is 1.63. The van der Waals surface area contributed by atoms with Crippen molar-refractivity contribution >= 4 is 29.6 Å². The van der Waals surface area contributed by atoms with Crippen molar-refractivity contribution in [3.63, 3.8) is 0 Å². The molecule has 0 aromatic heterocycles. The van der Waals surface area contributed by atoms with Gasteiger partial charge in [-0.1, -0.05) is 18.2 Å². The summed E-state index contributed by atoms with van der Waals surface area (Å²) < 4.78 is 0. The van der Waals surface area contributed by atoms with Gasteiger partial charge in [-0.2, -0.15) is 0 Å². The van der Waals surface area contributed by atoms with Crippen LogP contribution in [0.2, 0.25) is 0 Å². The van der Waals surface area contributed by atoms with Crippen LogP contribution < -0.4 is 5.32 Å². The van der Waals surface area contributed by atoms with Crippen molar-refractivity contribution in [3.8, 4) is 0 Å². The number of thioether (sulfide) groups is 1. The van der Waals surface area contributed by atoms with E-state index in [1.807, 2.05) is 30.3 Å². The number of hydrogen-bond acceptors (Lipinski definition) is 4.